The van der Waals surface area contributed by atoms with Gasteiger partial charge in [0.2, 0.25) is 5.16 Å². The molecule has 4 atom stereocenters. The molecule has 1 aliphatic rings. The number of fused-ring (bicyclic) bond motifs is 1. The maximum absolute atomic E-state index is 12.8. The molecule has 0 spiro atoms. The molecule has 48 heavy (non-hydrogen) atoms. The molecule has 3 heterocycles. The van der Waals surface area contributed by atoms with Crippen molar-refractivity contribution in [2.75, 3.05) is 5.75 Å². The Labute approximate surface area is 281 Å². The summed E-state index contributed by atoms with van der Waals surface area (Å²) in [5.41, 5.74) is 6.18. The van der Waals surface area contributed by atoms with E-state index >= 15 is 0 Å². The first-order valence-electron chi connectivity index (χ1n) is 15.6. The fraction of sp³-hybridized carbons (Fsp3) is 0.222. The van der Waals surface area contributed by atoms with Crippen LogP contribution in [-0.4, -0.2) is 53.0 Å². The Morgan fingerprint density at radius 2 is 1.58 bits per heavy atom. The lowest BCUT2D eigenvalue weighted by Crippen LogP contribution is -2.38. The summed E-state index contributed by atoms with van der Waals surface area (Å²) < 4.78 is 14.9. The number of rotatable bonds is 10. The molecule has 242 valence electrons. The van der Waals surface area contributed by atoms with Crippen LogP contribution < -0.4 is 5.32 Å². The molecule has 4 unspecified atom stereocenters. The zero-order valence-corrected chi connectivity index (χ0v) is 26.9. The van der Waals surface area contributed by atoms with Gasteiger partial charge in [-0.3, -0.25) is 9.78 Å². The third-order valence-corrected chi connectivity index (χ3v) is 9.34. The molecular weight excluding hydrogens is 627 g/mol. The van der Waals surface area contributed by atoms with Crippen molar-refractivity contribution < 1.29 is 19.4 Å². The van der Waals surface area contributed by atoms with Crippen LogP contribution in [0.1, 0.15) is 52.1 Å². The number of ether oxygens (including phenoxy) is 2. The summed E-state index contributed by atoms with van der Waals surface area (Å²) in [6.07, 6.45) is 0.411. The number of nitrogens with one attached hydrogen (secondary N) is 1. The van der Waals surface area contributed by atoms with Gasteiger partial charge in [0.25, 0.3) is 5.91 Å². The van der Waals surface area contributed by atoms with Gasteiger partial charge in [0, 0.05) is 23.8 Å². The number of aliphatic hydroxyl groups excluding tert-OH is 1. The van der Waals surface area contributed by atoms with Crippen molar-refractivity contribution in [3.8, 4) is 5.69 Å². The van der Waals surface area contributed by atoms with Gasteiger partial charge in [-0.1, -0.05) is 97.5 Å². The Morgan fingerprint density at radius 1 is 0.875 bits per heavy atom. The highest BCUT2D eigenvalue weighted by Gasteiger charge is 2.38. The van der Waals surface area contributed by atoms with Crippen molar-refractivity contribution >= 4 is 28.7 Å². The lowest BCUT2D eigenvalue weighted by Gasteiger charge is -2.41. The molecular formula is C36H33N7O4S. The second-order valence-electron chi connectivity index (χ2n) is 11.5. The van der Waals surface area contributed by atoms with Gasteiger partial charge in [-0.2, -0.15) is 4.68 Å². The number of nitrogens with zero attached hydrogens (tertiary/aromatic N) is 6. The standard InChI is InChI=1S/C36H33N7O4S/c1-23-32(22-48-36-40-41-42-43(36)28-7-3-2-4-8-28)46-35(47-33(23)26-15-13-25(21-44)14-16-26)27-17-11-24(12-18-27)19-38-34(45)31-20-37-29-9-5-6-10-30(29)39-31/h2-18,20,23,32-33,35,44H,19,21-22H2,1H3,(H,38,45). The number of hydrogen-bond acceptors (Lipinski definition) is 10. The highest BCUT2D eigenvalue weighted by molar-refractivity contribution is 7.99. The summed E-state index contributed by atoms with van der Waals surface area (Å²) in [5.74, 6) is 0.308. The van der Waals surface area contributed by atoms with Gasteiger partial charge in [0.1, 0.15) is 5.69 Å². The maximum atomic E-state index is 12.8. The fourth-order valence-electron chi connectivity index (χ4n) is 5.60. The zero-order chi connectivity index (χ0) is 32.9. The SMILES string of the molecule is CC1C(CSc2nnnn2-c2ccccc2)OC(c2ccc(CNC(=O)c3cnc4ccccc4n3)cc2)OC1c1ccc(CO)cc1. The molecule has 1 aliphatic heterocycles. The van der Waals surface area contributed by atoms with Crippen molar-refractivity contribution in [2.45, 2.75) is 43.7 Å². The number of carbonyl (C=O) groups is 1. The Hall–Kier alpha value is -5.01. The van der Waals surface area contributed by atoms with E-state index < -0.39 is 6.29 Å². The van der Waals surface area contributed by atoms with Crippen molar-refractivity contribution in [1.29, 1.82) is 0 Å². The number of thioether (sulfide) groups is 1. The number of amides is 1. The summed E-state index contributed by atoms with van der Waals surface area (Å²) in [6, 6.07) is 32.9. The second kappa shape index (κ2) is 14.4. The molecule has 12 heteroatoms. The quantitative estimate of drug-likeness (QED) is 0.179. The van der Waals surface area contributed by atoms with E-state index in [1.165, 1.54) is 18.0 Å². The summed E-state index contributed by atoms with van der Waals surface area (Å²) in [6.45, 7) is 2.43. The first kappa shape index (κ1) is 31.6. The van der Waals surface area contributed by atoms with Crippen LogP contribution >= 0.6 is 11.8 Å². The number of hydrogen-bond donors (Lipinski definition) is 2. The molecule has 1 amide bonds. The van der Waals surface area contributed by atoms with E-state index in [1.54, 1.807) is 4.68 Å². The van der Waals surface area contributed by atoms with Crippen LogP contribution in [0.2, 0.25) is 0 Å². The van der Waals surface area contributed by atoms with Crippen LogP contribution in [0.5, 0.6) is 0 Å². The molecule has 2 aromatic heterocycles. The Bertz CT molecular complexity index is 1990. The van der Waals surface area contributed by atoms with Crippen molar-refractivity contribution in [1.82, 2.24) is 35.5 Å². The third-order valence-electron chi connectivity index (χ3n) is 8.33. The van der Waals surface area contributed by atoms with Gasteiger partial charge in [-0.25, -0.2) is 4.98 Å². The van der Waals surface area contributed by atoms with E-state index in [0.717, 1.165) is 33.5 Å². The highest BCUT2D eigenvalue weighted by Crippen LogP contribution is 2.43. The normalized spacial score (nSPS) is 19.3. The average molecular weight is 660 g/mol. The minimum Gasteiger partial charge on any atom is -0.392 e. The predicted octanol–water partition coefficient (Wildman–Crippen LogP) is 5.61. The highest BCUT2D eigenvalue weighted by atomic mass is 32.2. The largest absolute Gasteiger partial charge is 0.392 e. The summed E-state index contributed by atoms with van der Waals surface area (Å²) in [7, 11) is 0. The van der Waals surface area contributed by atoms with Crippen molar-refractivity contribution in [2.24, 2.45) is 5.92 Å². The summed E-state index contributed by atoms with van der Waals surface area (Å²) in [4.78, 5) is 21.6. The van der Waals surface area contributed by atoms with Gasteiger partial charge >= 0.3 is 0 Å². The molecule has 0 radical (unpaired) electrons. The minimum absolute atomic E-state index is 0.00229. The molecule has 0 aliphatic carbocycles. The maximum Gasteiger partial charge on any atom is 0.271 e. The van der Waals surface area contributed by atoms with Crippen LogP contribution in [0.25, 0.3) is 16.7 Å². The van der Waals surface area contributed by atoms with E-state index in [4.69, 9.17) is 9.47 Å². The smallest absolute Gasteiger partial charge is 0.271 e. The van der Waals surface area contributed by atoms with Gasteiger partial charge < -0.3 is 19.9 Å². The molecule has 7 rings (SSSR count). The fourth-order valence-corrected chi connectivity index (χ4v) is 6.65. The van der Waals surface area contributed by atoms with E-state index in [0.29, 0.717) is 23.0 Å². The van der Waals surface area contributed by atoms with E-state index in [9.17, 15) is 9.90 Å². The molecule has 6 aromatic rings. The molecule has 1 saturated heterocycles. The van der Waals surface area contributed by atoms with Crippen LogP contribution in [0, 0.1) is 5.92 Å². The minimum atomic E-state index is -0.629. The Morgan fingerprint density at radius 3 is 2.35 bits per heavy atom. The van der Waals surface area contributed by atoms with Crippen LogP contribution in [-0.2, 0) is 22.6 Å². The second-order valence-corrected chi connectivity index (χ2v) is 12.5. The average Bonchev–Trinajstić information content (AvgIpc) is 3.62. The lowest BCUT2D eigenvalue weighted by atomic mass is 9.91. The monoisotopic (exact) mass is 659 g/mol. The molecule has 11 nitrogen and oxygen atoms in total. The topological polar surface area (TPSA) is 137 Å². The molecule has 2 N–H and O–H groups in total. The Balaban J connectivity index is 1.06. The van der Waals surface area contributed by atoms with Gasteiger partial charge in [0.15, 0.2) is 6.29 Å². The van der Waals surface area contributed by atoms with Crippen LogP contribution in [0.3, 0.4) is 0 Å². The van der Waals surface area contributed by atoms with E-state index in [1.807, 2.05) is 103 Å². The summed E-state index contributed by atoms with van der Waals surface area (Å²) >= 11 is 1.53. The van der Waals surface area contributed by atoms with Crippen molar-refractivity contribution in [3.63, 3.8) is 0 Å². The predicted molar refractivity (Wildman–Crippen MR) is 180 cm³/mol. The third kappa shape index (κ3) is 6.97. The van der Waals surface area contributed by atoms with E-state index in [2.05, 4.69) is 37.7 Å². The molecule has 1 fully saturated rings. The van der Waals surface area contributed by atoms with Gasteiger partial charge in [-0.05, 0) is 51.4 Å². The van der Waals surface area contributed by atoms with Crippen molar-refractivity contribution in [3.05, 3.63) is 137 Å². The number of benzene rings is 4. The first-order valence-corrected chi connectivity index (χ1v) is 16.6. The number of aromatic nitrogens is 6. The first-order chi connectivity index (χ1) is 23.6. The number of tetrazole rings is 1. The molecule has 4 aromatic carbocycles. The number of carbonyl (C=O) groups excluding carboxylic acids is 1. The zero-order valence-electron chi connectivity index (χ0n) is 26.1. The molecule has 0 bridgehead atoms. The van der Waals surface area contributed by atoms with E-state index in [-0.39, 0.29) is 36.3 Å². The van der Waals surface area contributed by atoms with Crippen LogP contribution in [0.4, 0.5) is 0 Å². The van der Waals surface area contributed by atoms with Gasteiger partial charge in [-0.15, -0.1) is 5.10 Å². The Kier molecular flexibility index (Phi) is 9.48. The lowest BCUT2D eigenvalue weighted by molar-refractivity contribution is -0.268. The number of para-hydroxylation sites is 3. The van der Waals surface area contributed by atoms with Gasteiger partial charge in [0.05, 0.1) is 41.7 Å². The number of aliphatic hydroxyl groups is 1. The summed E-state index contributed by atoms with van der Waals surface area (Å²) in [5, 5.41) is 25.5. The molecule has 0 saturated carbocycles. The van der Waals surface area contributed by atoms with Crippen LogP contribution in [0.15, 0.2) is 114 Å².